The van der Waals surface area contributed by atoms with Gasteiger partial charge < -0.3 is 28.8 Å². The molecule has 9 nitrogen and oxygen atoms in total. The Hall–Kier alpha value is -3.73. The van der Waals surface area contributed by atoms with Crippen LogP contribution in [-0.4, -0.2) is 74.3 Å². The average Bonchev–Trinajstić information content (AvgIpc) is 3.70. The maximum atomic E-state index is 14.1. The highest BCUT2D eigenvalue weighted by atomic mass is 19.1. The van der Waals surface area contributed by atoms with Crippen LogP contribution in [0.5, 0.6) is 5.75 Å². The van der Waals surface area contributed by atoms with E-state index in [2.05, 4.69) is 10.2 Å². The highest BCUT2D eigenvalue weighted by molar-refractivity contribution is 5.96. The van der Waals surface area contributed by atoms with E-state index in [9.17, 15) is 14.0 Å². The maximum Gasteiger partial charge on any atom is 0.290 e. The van der Waals surface area contributed by atoms with Crippen LogP contribution in [0.4, 0.5) is 4.39 Å². The molecule has 1 aromatic heterocycles. The molecule has 218 valence electrons. The van der Waals surface area contributed by atoms with Crippen LogP contribution in [-0.2, 0) is 27.4 Å². The normalized spacial score (nSPS) is 18.1. The molecule has 0 spiro atoms. The summed E-state index contributed by atoms with van der Waals surface area (Å²) in [6.07, 6.45) is 1.72. The van der Waals surface area contributed by atoms with Crippen molar-refractivity contribution in [2.45, 2.75) is 38.1 Å². The van der Waals surface area contributed by atoms with E-state index >= 15 is 0 Å². The molecular formula is C31H36FN3O6. The highest BCUT2D eigenvalue weighted by Crippen LogP contribution is 2.28. The third-order valence-electron chi connectivity index (χ3n) is 7.40. The highest BCUT2D eigenvalue weighted by Gasteiger charge is 2.34. The Morgan fingerprint density at radius 3 is 2.49 bits per heavy atom. The molecule has 3 aromatic rings. The Balaban J connectivity index is 1.45. The minimum absolute atomic E-state index is 0.0774. The molecule has 10 heteroatoms. The van der Waals surface area contributed by atoms with Gasteiger partial charge in [-0.1, -0.05) is 24.3 Å². The van der Waals surface area contributed by atoms with Gasteiger partial charge in [0.15, 0.2) is 5.76 Å². The van der Waals surface area contributed by atoms with E-state index in [1.807, 2.05) is 12.1 Å². The molecule has 0 aliphatic carbocycles. The van der Waals surface area contributed by atoms with Crippen LogP contribution in [0.1, 0.15) is 46.3 Å². The van der Waals surface area contributed by atoms with Crippen LogP contribution in [0, 0.1) is 5.82 Å². The van der Waals surface area contributed by atoms with Crippen LogP contribution in [0.25, 0.3) is 0 Å². The van der Waals surface area contributed by atoms with E-state index in [1.165, 1.54) is 29.2 Å². The first-order valence-electron chi connectivity index (χ1n) is 14.0. The van der Waals surface area contributed by atoms with Gasteiger partial charge in [0.25, 0.3) is 5.91 Å². The predicted octanol–water partition coefficient (Wildman–Crippen LogP) is 3.94. The average molecular weight is 566 g/mol. The van der Waals surface area contributed by atoms with Gasteiger partial charge in [0.05, 0.1) is 33.0 Å². The number of nitrogens with zero attached hydrogens (tertiary/aromatic N) is 2. The lowest BCUT2D eigenvalue weighted by Gasteiger charge is -2.31. The second-order valence-corrected chi connectivity index (χ2v) is 10.3. The minimum Gasteiger partial charge on any atom is -0.497 e. The summed E-state index contributed by atoms with van der Waals surface area (Å²) in [5.41, 5.74) is 1.27. The molecule has 2 aliphatic rings. The fraction of sp³-hybridized carbons (Fsp3) is 0.419. The van der Waals surface area contributed by atoms with E-state index in [-0.39, 0.29) is 24.3 Å². The van der Waals surface area contributed by atoms with E-state index < -0.39 is 17.8 Å². The molecule has 3 heterocycles. The fourth-order valence-corrected chi connectivity index (χ4v) is 5.14. The van der Waals surface area contributed by atoms with Gasteiger partial charge in [-0.05, 0) is 60.4 Å². The number of carbonyl (C=O) groups is 2. The van der Waals surface area contributed by atoms with Crippen molar-refractivity contribution in [2.75, 3.05) is 46.6 Å². The van der Waals surface area contributed by atoms with Crippen LogP contribution < -0.4 is 10.1 Å². The fourth-order valence-electron chi connectivity index (χ4n) is 5.14. The first kappa shape index (κ1) is 28.8. The topological polar surface area (TPSA) is 93.5 Å². The molecule has 1 N–H and O–H groups in total. The number of benzene rings is 2. The number of nitrogens with one attached hydrogen (secondary N) is 1. The van der Waals surface area contributed by atoms with E-state index in [0.717, 1.165) is 31.5 Å². The summed E-state index contributed by atoms with van der Waals surface area (Å²) in [4.78, 5) is 31.6. The van der Waals surface area contributed by atoms with E-state index in [0.29, 0.717) is 50.0 Å². The summed E-state index contributed by atoms with van der Waals surface area (Å²) in [5, 5.41) is 2.97. The molecule has 0 radical (unpaired) electrons. The molecule has 41 heavy (non-hydrogen) atoms. The summed E-state index contributed by atoms with van der Waals surface area (Å²) >= 11 is 0. The van der Waals surface area contributed by atoms with Crippen molar-refractivity contribution < 1.29 is 32.6 Å². The number of carbonyl (C=O) groups excluding carboxylic acids is 2. The number of ether oxygens (including phenoxy) is 3. The van der Waals surface area contributed by atoms with E-state index in [4.69, 9.17) is 18.6 Å². The molecule has 2 amide bonds. The van der Waals surface area contributed by atoms with Crippen molar-refractivity contribution in [3.05, 3.63) is 89.1 Å². The molecule has 0 bridgehead atoms. The van der Waals surface area contributed by atoms with E-state index in [1.54, 1.807) is 31.4 Å². The number of hydrogen-bond acceptors (Lipinski definition) is 7. The lowest BCUT2D eigenvalue weighted by atomic mass is 10.0. The Morgan fingerprint density at radius 2 is 1.80 bits per heavy atom. The van der Waals surface area contributed by atoms with Crippen LogP contribution in [0.3, 0.4) is 0 Å². The Kier molecular flexibility index (Phi) is 9.66. The zero-order valence-corrected chi connectivity index (χ0v) is 23.2. The summed E-state index contributed by atoms with van der Waals surface area (Å²) in [5.74, 6) is 0.195. The molecular weight excluding hydrogens is 529 g/mol. The number of rotatable bonds is 11. The number of halogens is 1. The zero-order chi connectivity index (χ0) is 28.6. The van der Waals surface area contributed by atoms with Crippen molar-refractivity contribution in [3.63, 3.8) is 0 Å². The molecule has 0 unspecified atom stereocenters. The van der Waals surface area contributed by atoms with Crippen molar-refractivity contribution in [1.82, 2.24) is 15.1 Å². The van der Waals surface area contributed by atoms with Crippen molar-refractivity contribution in [2.24, 2.45) is 0 Å². The van der Waals surface area contributed by atoms with Gasteiger partial charge in [-0.25, -0.2) is 4.39 Å². The van der Waals surface area contributed by atoms with Crippen LogP contribution in [0.15, 0.2) is 65.1 Å². The van der Waals surface area contributed by atoms with Gasteiger partial charge in [-0.3, -0.25) is 14.5 Å². The molecule has 2 atom stereocenters. The third-order valence-corrected chi connectivity index (χ3v) is 7.40. The Bertz CT molecular complexity index is 1280. The Labute approximate surface area is 239 Å². The quantitative estimate of drug-likeness (QED) is 0.377. The smallest absolute Gasteiger partial charge is 0.290 e. The largest absolute Gasteiger partial charge is 0.497 e. The molecule has 2 saturated heterocycles. The third kappa shape index (κ3) is 7.52. The first-order valence-corrected chi connectivity index (χ1v) is 14.0. The molecule has 5 rings (SSSR count). The number of furan rings is 1. The summed E-state index contributed by atoms with van der Waals surface area (Å²) in [7, 11) is 1.58. The van der Waals surface area contributed by atoms with Gasteiger partial charge in [0.2, 0.25) is 5.91 Å². The zero-order valence-electron chi connectivity index (χ0n) is 23.2. The monoisotopic (exact) mass is 565 g/mol. The van der Waals surface area contributed by atoms with Crippen LogP contribution >= 0.6 is 0 Å². The summed E-state index contributed by atoms with van der Waals surface area (Å²) < 4.78 is 36.3. The number of hydrogen-bond donors (Lipinski definition) is 1. The molecule has 2 aliphatic heterocycles. The van der Waals surface area contributed by atoms with Gasteiger partial charge in [0, 0.05) is 32.8 Å². The van der Waals surface area contributed by atoms with Crippen LogP contribution in [0.2, 0.25) is 0 Å². The maximum absolute atomic E-state index is 14.1. The SMILES string of the molecule is COc1ccc(CN(C(=O)c2ccc(CN3CCOCC3)o2)[C@H](C(=O)NC[C@@H]2CCCO2)c2ccc(F)cc2)cc1. The van der Waals surface area contributed by atoms with Crippen molar-refractivity contribution in [1.29, 1.82) is 0 Å². The van der Waals surface area contributed by atoms with Gasteiger partial charge in [-0.15, -0.1) is 0 Å². The number of morpholine rings is 1. The second-order valence-electron chi connectivity index (χ2n) is 10.3. The number of methoxy groups -OCH3 is 1. The van der Waals surface area contributed by atoms with Gasteiger partial charge in [0.1, 0.15) is 23.4 Å². The molecule has 2 fully saturated rings. The van der Waals surface area contributed by atoms with Gasteiger partial charge >= 0.3 is 0 Å². The summed E-state index contributed by atoms with van der Waals surface area (Å²) in [6.45, 7) is 4.53. The number of amides is 2. The Morgan fingerprint density at radius 1 is 1.05 bits per heavy atom. The van der Waals surface area contributed by atoms with Crippen molar-refractivity contribution >= 4 is 11.8 Å². The lowest BCUT2D eigenvalue weighted by molar-refractivity contribution is -0.126. The second kappa shape index (κ2) is 13.8. The standard InChI is InChI=1S/C31H36FN3O6/c1-38-25-10-4-22(5-11-25)20-35(31(37)28-13-12-27(41-28)21-34-14-17-39-18-15-34)29(23-6-8-24(32)9-7-23)30(36)33-19-26-3-2-16-40-26/h4-13,26,29H,2-3,14-21H2,1H3,(H,33,36)/t26-,29-/m0/s1. The first-order chi connectivity index (χ1) is 20.0. The minimum atomic E-state index is -1.04. The van der Waals surface area contributed by atoms with Crippen molar-refractivity contribution in [3.8, 4) is 5.75 Å². The predicted molar refractivity (Wildman–Crippen MR) is 149 cm³/mol. The molecule has 0 saturated carbocycles. The van der Waals surface area contributed by atoms with Gasteiger partial charge in [-0.2, -0.15) is 0 Å². The molecule has 2 aromatic carbocycles. The lowest BCUT2D eigenvalue weighted by Crippen LogP contribution is -2.45. The summed E-state index contributed by atoms with van der Waals surface area (Å²) in [6, 6.07) is 15.3.